The van der Waals surface area contributed by atoms with Crippen LogP contribution in [-0.2, 0) is 19.6 Å². The number of carboxylic acids is 1. The molecule has 0 aliphatic carbocycles. The normalized spacial score (nSPS) is 11.1. The number of carbonyl (C=O) groups is 2. The van der Waals surface area contributed by atoms with Gasteiger partial charge in [-0.1, -0.05) is 11.6 Å². The van der Waals surface area contributed by atoms with Gasteiger partial charge in [0.15, 0.2) is 0 Å². The van der Waals surface area contributed by atoms with Gasteiger partial charge in [-0.25, -0.2) is 13.2 Å². The number of benzene rings is 1. The van der Waals surface area contributed by atoms with Gasteiger partial charge in [-0.3, -0.25) is 4.79 Å². The lowest BCUT2D eigenvalue weighted by Gasteiger charge is -2.07. The van der Waals surface area contributed by atoms with E-state index in [4.69, 9.17) is 16.7 Å². The van der Waals surface area contributed by atoms with Crippen molar-refractivity contribution in [3.63, 3.8) is 0 Å². The average Bonchev–Trinajstić information content (AvgIpc) is 2.35. The molecule has 0 aliphatic heterocycles. The summed E-state index contributed by atoms with van der Waals surface area (Å²) in [5, 5.41) is 8.54. The van der Waals surface area contributed by atoms with Crippen molar-refractivity contribution < 1.29 is 27.9 Å². The van der Waals surface area contributed by atoms with Gasteiger partial charge in [0, 0.05) is 0 Å². The molecule has 0 spiro atoms. The summed E-state index contributed by atoms with van der Waals surface area (Å²) in [6.45, 7) is -0.531. The molecule has 0 unspecified atom stereocenters. The van der Waals surface area contributed by atoms with Crippen LogP contribution >= 0.6 is 11.6 Å². The predicted molar refractivity (Wildman–Crippen MR) is 65.6 cm³/mol. The van der Waals surface area contributed by atoms with Crippen molar-refractivity contribution in [1.82, 2.24) is 4.72 Å². The van der Waals surface area contributed by atoms with E-state index in [1.54, 1.807) is 0 Å². The zero-order chi connectivity index (χ0) is 14.6. The third-order valence-electron chi connectivity index (χ3n) is 2.12. The van der Waals surface area contributed by atoms with Gasteiger partial charge < -0.3 is 9.84 Å². The molecular formula is C10H10ClNO6S. The number of sulfonamides is 1. The van der Waals surface area contributed by atoms with E-state index in [0.29, 0.717) is 0 Å². The van der Waals surface area contributed by atoms with Gasteiger partial charge in [0.1, 0.15) is 6.54 Å². The van der Waals surface area contributed by atoms with Crippen LogP contribution in [0.25, 0.3) is 0 Å². The molecule has 0 heterocycles. The van der Waals surface area contributed by atoms with Gasteiger partial charge in [-0.15, -0.1) is 0 Å². The predicted octanol–water partition coefficient (Wildman–Crippen LogP) is 0.490. The second-order valence-electron chi connectivity index (χ2n) is 3.35. The third kappa shape index (κ3) is 3.91. The summed E-state index contributed by atoms with van der Waals surface area (Å²) in [5.74, 6) is -2.02. The Labute approximate surface area is 114 Å². The highest BCUT2D eigenvalue weighted by molar-refractivity contribution is 7.89. The first-order valence-corrected chi connectivity index (χ1v) is 6.73. The van der Waals surface area contributed by atoms with Crippen LogP contribution in [-0.4, -0.2) is 39.1 Å². The van der Waals surface area contributed by atoms with E-state index in [1.165, 1.54) is 0 Å². The number of carboxylic acid groups (broad SMARTS) is 1. The van der Waals surface area contributed by atoms with Crippen LogP contribution in [0, 0.1) is 0 Å². The monoisotopic (exact) mass is 307 g/mol. The molecule has 0 aromatic heterocycles. The van der Waals surface area contributed by atoms with E-state index in [1.807, 2.05) is 4.72 Å². The second-order valence-corrected chi connectivity index (χ2v) is 5.52. The number of rotatable bonds is 5. The fourth-order valence-corrected chi connectivity index (χ4v) is 2.47. The molecule has 0 aliphatic rings. The highest BCUT2D eigenvalue weighted by atomic mass is 35.5. The first kappa shape index (κ1) is 15.4. The maximum Gasteiger partial charge on any atom is 0.337 e. The Bertz CT molecular complexity index is 612. The number of halogens is 1. The lowest BCUT2D eigenvalue weighted by atomic mass is 10.2. The Morgan fingerprint density at radius 2 is 2.05 bits per heavy atom. The molecule has 7 nitrogen and oxygen atoms in total. The molecule has 0 radical (unpaired) electrons. The standard InChI is InChI=1S/C10H10ClNO6S/c1-18-9(13)5-12-19(16,17)6-2-3-7(10(14)15)8(11)4-6/h2-4,12H,5H2,1H3,(H,14,15). The molecule has 0 saturated heterocycles. The Morgan fingerprint density at radius 1 is 1.42 bits per heavy atom. The molecule has 0 atom stereocenters. The molecule has 9 heteroatoms. The summed E-state index contributed by atoms with van der Waals surface area (Å²) in [7, 11) is -2.84. The molecule has 1 rings (SSSR count). The molecule has 0 saturated carbocycles. The Kier molecular flexibility index (Phi) is 4.87. The molecule has 1 aromatic carbocycles. The van der Waals surface area contributed by atoms with Crippen LogP contribution in [0.2, 0.25) is 5.02 Å². The summed E-state index contributed by atoms with van der Waals surface area (Å²) in [6.07, 6.45) is 0. The number of methoxy groups -OCH3 is 1. The number of aromatic carboxylic acids is 1. The Balaban J connectivity index is 3.00. The number of hydrogen-bond acceptors (Lipinski definition) is 5. The summed E-state index contributed by atoms with van der Waals surface area (Å²) in [6, 6.07) is 3.14. The fraction of sp³-hybridized carbons (Fsp3) is 0.200. The van der Waals surface area contributed by atoms with Crippen molar-refractivity contribution in [2.24, 2.45) is 0 Å². The van der Waals surface area contributed by atoms with Crippen LogP contribution < -0.4 is 4.72 Å². The second kappa shape index (κ2) is 6.00. The zero-order valence-electron chi connectivity index (χ0n) is 9.71. The molecule has 19 heavy (non-hydrogen) atoms. The summed E-state index contributed by atoms with van der Waals surface area (Å²) in [5.41, 5.74) is -0.214. The van der Waals surface area contributed by atoms with Crippen molar-refractivity contribution in [2.45, 2.75) is 4.90 Å². The molecule has 2 N–H and O–H groups in total. The minimum Gasteiger partial charge on any atom is -0.478 e. The van der Waals surface area contributed by atoms with Crippen molar-refractivity contribution in [2.75, 3.05) is 13.7 Å². The van der Waals surface area contributed by atoms with E-state index in [0.717, 1.165) is 25.3 Å². The Hall–Kier alpha value is -1.64. The number of esters is 1. The van der Waals surface area contributed by atoms with Gasteiger partial charge in [0.25, 0.3) is 0 Å². The van der Waals surface area contributed by atoms with Crippen LogP contribution in [0.4, 0.5) is 0 Å². The zero-order valence-corrected chi connectivity index (χ0v) is 11.3. The van der Waals surface area contributed by atoms with Crippen LogP contribution in [0.1, 0.15) is 10.4 Å². The SMILES string of the molecule is COC(=O)CNS(=O)(=O)c1ccc(C(=O)O)c(Cl)c1. The molecule has 0 amide bonds. The molecule has 0 bridgehead atoms. The largest absolute Gasteiger partial charge is 0.478 e. The maximum atomic E-state index is 11.8. The summed E-state index contributed by atoms with van der Waals surface area (Å²) >= 11 is 5.66. The summed E-state index contributed by atoms with van der Waals surface area (Å²) < 4.78 is 29.8. The van der Waals surface area contributed by atoms with Crippen LogP contribution in [0.5, 0.6) is 0 Å². The minimum absolute atomic E-state index is 0.214. The number of carbonyl (C=O) groups excluding carboxylic acids is 1. The maximum absolute atomic E-state index is 11.8. The lowest BCUT2D eigenvalue weighted by Crippen LogP contribution is -2.30. The van der Waals surface area contributed by atoms with E-state index < -0.39 is 28.5 Å². The van der Waals surface area contributed by atoms with Crippen LogP contribution in [0.15, 0.2) is 23.1 Å². The van der Waals surface area contributed by atoms with Gasteiger partial charge in [-0.05, 0) is 18.2 Å². The first-order valence-electron chi connectivity index (χ1n) is 4.87. The third-order valence-corrected chi connectivity index (χ3v) is 3.83. The van der Waals surface area contributed by atoms with E-state index in [-0.39, 0.29) is 15.5 Å². The highest BCUT2D eigenvalue weighted by Gasteiger charge is 2.18. The quantitative estimate of drug-likeness (QED) is 0.766. The van der Waals surface area contributed by atoms with Crippen molar-refractivity contribution in [3.05, 3.63) is 28.8 Å². The molecule has 104 valence electrons. The van der Waals surface area contributed by atoms with E-state index in [2.05, 4.69) is 4.74 Å². The summed E-state index contributed by atoms with van der Waals surface area (Å²) in [4.78, 5) is 21.3. The number of ether oxygens (including phenoxy) is 1. The minimum atomic E-state index is -3.96. The smallest absolute Gasteiger partial charge is 0.337 e. The van der Waals surface area contributed by atoms with Gasteiger partial charge in [0.05, 0.1) is 22.6 Å². The topological polar surface area (TPSA) is 110 Å². The van der Waals surface area contributed by atoms with Gasteiger partial charge >= 0.3 is 11.9 Å². The number of nitrogens with one attached hydrogen (secondary N) is 1. The Morgan fingerprint density at radius 3 is 2.53 bits per heavy atom. The van der Waals surface area contributed by atoms with Crippen molar-refractivity contribution >= 4 is 33.6 Å². The van der Waals surface area contributed by atoms with Crippen molar-refractivity contribution in [3.8, 4) is 0 Å². The fourth-order valence-electron chi connectivity index (χ4n) is 1.15. The first-order chi connectivity index (χ1) is 8.77. The van der Waals surface area contributed by atoms with Gasteiger partial charge in [0.2, 0.25) is 10.0 Å². The molecule has 0 fully saturated rings. The van der Waals surface area contributed by atoms with Crippen molar-refractivity contribution in [1.29, 1.82) is 0 Å². The van der Waals surface area contributed by atoms with Gasteiger partial charge in [-0.2, -0.15) is 4.72 Å². The molecular weight excluding hydrogens is 298 g/mol. The van der Waals surface area contributed by atoms with Crippen LogP contribution in [0.3, 0.4) is 0 Å². The molecule has 1 aromatic rings. The highest BCUT2D eigenvalue weighted by Crippen LogP contribution is 2.20. The van der Waals surface area contributed by atoms with E-state index >= 15 is 0 Å². The lowest BCUT2D eigenvalue weighted by molar-refractivity contribution is -0.139. The average molecular weight is 308 g/mol. The number of hydrogen-bond donors (Lipinski definition) is 2. The van der Waals surface area contributed by atoms with E-state index in [9.17, 15) is 18.0 Å².